The topological polar surface area (TPSA) is 4.93 Å². The Kier molecular flexibility index (Phi) is 3.40. The number of rotatable bonds is 1. The van der Waals surface area contributed by atoms with Gasteiger partial charge < -0.3 is 4.57 Å². The number of para-hydroxylation sites is 2. The zero-order chi connectivity index (χ0) is 21.4. The minimum atomic E-state index is -0.0251. The van der Waals surface area contributed by atoms with Gasteiger partial charge in [-0.2, -0.15) is 0 Å². The van der Waals surface area contributed by atoms with Crippen LogP contribution in [0.2, 0.25) is 0 Å². The van der Waals surface area contributed by atoms with Crippen molar-refractivity contribution in [3.8, 4) is 16.8 Å². The van der Waals surface area contributed by atoms with Gasteiger partial charge in [0.25, 0.3) is 0 Å². The van der Waals surface area contributed by atoms with Gasteiger partial charge in [-0.05, 0) is 45.8 Å². The molecule has 0 bridgehead atoms. The van der Waals surface area contributed by atoms with Crippen molar-refractivity contribution < 1.29 is 0 Å². The van der Waals surface area contributed by atoms with Crippen LogP contribution in [0.3, 0.4) is 0 Å². The third-order valence-electron chi connectivity index (χ3n) is 7.36. The van der Waals surface area contributed by atoms with E-state index in [0.29, 0.717) is 0 Å². The SMILES string of the molecule is CC1(C)c2ccccc2-c2ccc3c(ccc4c5ccccc5n(-c5ccccc5)c34)c21. The lowest BCUT2D eigenvalue weighted by Crippen LogP contribution is -2.15. The molecule has 1 aliphatic carbocycles. The van der Waals surface area contributed by atoms with E-state index in [0.717, 1.165) is 0 Å². The second kappa shape index (κ2) is 6.11. The molecule has 0 amide bonds. The van der Waals surface area contributed by atoms with Crippen molar-refractivity contribution in [3.63, 3.8) is 0 Å². The summed E-state index contributed by atoms with van der Waals surface area (Å²) >= 11 is 0. The highest BCUT2D eigenvalue weighted by Crippen LogP contribution is 2.52. The smallest absolute Gasteiger partial charge is 0.0619 e. The van der Waals surface area contributed by atoms with Crippen molar-refractivity contribution in [1.82, 2.24) is 4.57 Å². The number of aromatic nitrogens is 1. The number of benzene rings is 5. The molecule has 0 fully saturated rings. The van der Waals surface area contributed by atoms with Crippen LogP contribution >= 0.6 is 0 Å². The average Bonchev–Trinajstić information content (AvgIpc) is 3.30. The van der Waals surface area contributed by atoms with E-state index in [1.165, 1.54) is 60.5 Å². The Morgan fingerprint density at radius 1 is 0.531 bits per heavy atom. The normalized spacial score (nSPS) is 14.2. The van der Waals surface area contributed by atoms with E-state index in [-0.39, 0.29) is 5.41 Å². The lowest BCUT2D eigenvalue weighted by Gasteiger charge is -2.23. The maximum absolute atomic E-state index is 2.44. The number of nitrogens with zero attached hydrogens (tertiary/aromatic N) is 1. The lowest BCUT2D eigenvalue weighted by molar-refractivity contribution is 0.666. The van der Waals surface area contributed by atoms with Crippen LogP contribution < -0.4 is 0 Å². The molecule has 0 saturated carbocycles. The Morgan fingerprint density at radius 2 is 1.19 bits per heavy atom. The molecule has 32 heavy (non-hydrogen) atoms. The van der Waals surface area contributed by atoms with E-state index in [2.05, 4.69) is 122 Å². The molecule has 1 aliphatic rings. The largest absolute Gasteiger partial charge is 0.309 e. The van der Waals surface area contributed by atoms with Crippen LogP contribution in [0.1, 0.15) is 25.0 Å². The lowest BCUT2D eigenvalue weighted by atomic mass is 9.80. The highest BCUT2D eigenvalue weighted by atomic mass is 15.0. The third-order valence-corrected chi connectivity index (χ3v) is 7.36. The van der Waals surface area contributed by atoms with Crippen LogP contribution in [-0.2, 0) is 5.41 Å². The summed E-state index contributed by atoms with van der Waals surface area (Å²) in [5.41, 5.74) is 9.35. The molecule has 1 aromatic heterocycles. The van der Waals surface area contributed by atoms with E-state index in [1.807, 2.05) is 0 Å². The Balaban J connectivity index is 1.68. The average molecular weight is 410 g/mol. The van der Waals surface area contributed by atoms with Crippen molar-refractivity contribution in [2.24, 2.45) is 0 Å². The first-order valence-corrected chi connectivity index (χ1v) is 11.3. The van der Waals surface area contributed by atoms with Crippen molar-refractivity contribution in [2.45, 2.75) is 19.3 Å². The fourth-order valence-corrected chi connectivity index (χ4v) is 6.01. The maximum Gasteiger partial charge on any atom is 0.0619 e. The number of hydrogen-bond donors (Lipinski definition) is 0. The van der Waals surface area contributed by atoms with Crippen LogP contribution in [-0.4, -0.2) is 4.57 Å². The zero-order valence-corrected chi connectivity index (χ0v) is 18.3. The maximum atomic E-state index is 2.44. The van der Waals surface area contributed by atoms with Crippen molar-refractivity contribution in [1.29, 1.82) is 0 Å². The molecule has 5 aromatic carbocycles. The predicted molar refractivity (Wildman–Crippen MR) is 136 cm³/mol. The Bertz CT molecular complexity index is 1680. The summed E-state index contributed by atoms with van der Waals surface area (Å²) in [4.78, 5) is 0. The molecule has 0 unspecified atom stereocenters. The molecule has 6 aromatic rings. The van der Waals surface area contributed by atoms with Gasteiger partial charge in [0.1, 0.15) is 0 Å². The molecule has 1 nitrogen and oxygen atoms in total. The molecular weight excluding hydrogens is 386 g/mol. The van der Waals surface area contributed by atoms with Crippen LogP contribution in [0.4, 0.5) is 0 Å². The van der Waals surface area contributed by atoms with Crippen molar-refractivity contribution in [3.05, 3.63) is 114 Å². The quantitative estimate of drug-likeness (QED) is 0.258. The zero-order valence-electron chi connectivity index (χ0n) is 18.3. The fraction of sp³-hybridized carbons (Fsp3) is 0.0968. The summed E-state index contributed by atoms with van der Waals surface area (Å²) in [6.07, 6.45) is 0. The molecular formula is C31H23N. The Labute approximate surface area is 187 Å². The molecule has 1 heterocycles. The first-order chi connectivity index (χ1) is 15.7. The summed E-state index contributed by atoms with van der Waals surface area (Å²) in [7, 11) is 0. The molecule has 0 atom stereocenters. The molecule has 152 valence electrons. The summed E-state index contributed by atoms with van der Waals surface area (Å²) < 4.78 is 2.44. The van der Waals surface area contributed by atoms with Gasteiger partial charge in [-0.3, -0.25) is 0 Å². The molecule has 0 aliphatic heterocycles. The van der Waals surface area contributed by atoms with Gasteiger partial charge in [0.05, 0.1) is 11.0 Å². The minimum Gasteiger partial charge on any atom is -0.309 e. The van der Waals surface area contributed by atoms with E-state index in [1.54, 1.807) is 0 Å². The molecule has 0 spiro atoms. The third kappa shape index (κ3) is 2.13. The highest BCUT2D eigenvalue weighted by molar-refractivity contribution is 6.20. The highest BCUT2D eigenvalue weighted by Gasteiger charge is 2.36. The van der Waals surface area contributed by atoms with Gasteiger partial charge in [-0.15, -0.1) is 0 Å². The van der Waals surface area contributed by atoms with E-state index in [4.69, 9.17) is 0 Å². The molecule has 1 heteroatoms. The Morgan fingerprint density at radius 3 is 2.06 bits per heavy atom. The second-order valence-electron chi connectivity index (χ2n) is 9.40. The van der Waals surface area contributed by atoms with Crippen molar-refractivity contribution >= 4 is 32.6 Å². The van der Waals surface area contributed by atoms with Gasteiger partial charge in [-0.1, -0.05) is 98.8 Å². The number of hydrogen-bond acceptors (Lipinski definition) is 0. The van der Waals surface area contributed by atoms with Gasteiger partial charge in [0.2, 0.25) is 0 Å². The van der Waals surface area contributed by atoms with Crippen LogP contribution in [0.5, 0.6) is 0 Å². The van der Waals surface area contributed by atoms with Crippen molar-refractivity contribution in [2.75, 3.05) is 0 Å². The fourth-order valence-electron chi connectivity index (χ4n) is 6.01. The monoisotopic (exact) mass is 409 g/mol. The Hall–Kier alpha value is -3.84. The summed E-state index contributed by atoms with van der Waals surface area (Å²) in [5, 5.41) is 5.29. The molecule has 0 N–H and O–H groups in total. The molecule has 7 rings (SSSR count). The minimum absolute atomic E-state index is 0.0251. The van der Waals surface area contributed by atoms with E-state index in [9.17, 15) is 0 Å². The van der Waals surface area contributed by atoms with E-state index < -0.39 is 0 Å². The standard InChI is InChI=1S/C31H23N/c1-31(2)27-14-8-6-12-21(27)23-16-19-26-24(29(23)31)17-18-25-22-13-7-9-15-28(22)32(30(25)26)20-10-4-3-5-11-20/h3-19H,1-2H3. The van der Waals surface area contributed by atoms with Crippen LogP contribution in [0.25, 0.3) is 49.4 Å². The van der Waals surface area contributed by atoms with Crippen LogP contribution in [0.15, 0.2) is 103 Å². The number of fused-ring (bicyclic) bond motifs is 9. The predicted octanol–water partition coefficient (Wildman–Crippen LogP) is 8.24. The summed E-state index contributed by atoms with van der Waals surface area (Å²) in [6.45, 7) is 4.74. The summed E-state index contributed by atoms with van der Waals surface area (Å²) in [5.74, 6) is 0. The first kappa shape index (κ1) is 17.8. The van der Waals surface area contributed by atoms with Gasteiger partial charge >= 0.3 is 0 Å². The van der Waals surface area contributed by atoms with Gasteiger partial charge in [0, 0.05) is 27.3 Å². The van der Waals surface area contributed by atoms with Gasteiger partial charge in [0.15, 0.2) is 0 Å². The van der Waals surface area contributed by atoms with E-state index >= 15 is 0 Å². The molecule has 0 radical (unpaired) electrons. The van der Waals surface area contributed by atoms with Gasteiger partial charge in [-0.25, -0.2) is 0 Å². The van der Waals surface area contributed by atoms with Crippen LogP contribution in [0, 0.1) is 0 Å². The first-order valence-electron chi connectivity index (χ1n) is 11.3. The molecule has 0 saturated heterocycles. The summed E-state index contributed by atoms with van der Waals surface area (Å²) in [6, 6.07) is 37.8. The second-order valence-corrected chi connectivity index (χ2v) is 9.40.